The number of fused-ring (bicyclic) bond motifs is 1. The van der Waals surface area contributed by atoms with Gasteiger partial charge in [-0.3, -0.25) is 14.0 Å². The smallest absolute Gasteiger partial charge is 0.274 e. The number of carbonyl (C=O) groups excluding carboxylic acids is 2. The maximum atomic E-state index is 12.7. The number of anilines is 1. The second kappa shape index (κ2) is 8.81. The first-order valence-corrected chi connectivity index (χ1v) is 9.45. The first-order valence-electron chi connectivity index (χ1n) is 9.45. The highest BCUT2D eigenvalue weighted by atomic mass is 16.3. The van der Waals surface area contributed by atoms with Crippen LogP contribution in [0.4, 0.5) is 5.82 Å². The number of aliphatic hydroxyl groups excluding tert-OH is 1. The number of unbranched alkanes of at least 4 members (excludes halogenated alkanes) is 1. The summed E-state index contributed by atoms with van der Waals surface area (Å²) in [5.74, 6) is 0.336. The molecule has 7 nitrogen and oxygen atoms in total. The van der Waals surface area contributed by atoms with E-state index in [1.165, 1.54) is 0 Å². The maximum absolute atomic E-state index is 12.7. The van der Waals surface area contributed by atoms with Gasteiger partial charge in [0.05, 0.1) is 6.10 Å². The molecule has 2 aromatic rings. The molecule has 1 unspecified atom stereocenters. The molecule has 0 bridgehead atoms. The molecule has 0 radical (unpaired) electrons. The highest BCUT2D eigenvalue weighted by Gasteiger charge is 2.25. The molecule has 1 atom stereocenters. The number of imidazole rings is 1. The number of carbonyl (C=O) groups is 2. The number of rotatable bonds is 6. The summed E-state index contributed by atoms with van der Waals surface area (Å²) in [5.41, 5.74) is 0.918. The Balaban J connectivity index is 1.72. The van der Waals surface area contributed by atoms with Crippen LogP contribution in [0, 0.1) is 0 Å². The summed E-state index contributed by atoms with van der Waals surface area (Å²) in [6.07, 6.45) is 8.80. The average molecular weight is 370 g/mol. The maximum Gasteiger partial charge on any atom is 0.274 e. The summed E-state index contributed by atoms with van der Waals surface area (Å²) in [6, 6.07) is 5.39. The van der Waals surface area contributed by atoms with Crippen LogP contribution in [0.25, 0.3) is 5.65 Å². The minimum Gasteiger partial charge on any atom is -0.391 e. The van der Waals surface area contributed by atoms with E-state index in [1.807, 2.05) is 19.1 Å². The molecule has 0 saturated carbocycles. The molecular weight excluding hydrogens is 344 g/mol. The van der Waals surface area contributed by atoms with Crippen LogP contribution in [0.15, 0.2) is 36.5 Å². The predicted molar refractivity (Wildman–Crippen MR) is 104 cm³/mol. The van der Waals surface area contributed by atoms with E-state index in [0.29, 0.717) is 36.7 Å². The number of piperidine rings is 1. The summed E-state index contributed by atoms with van der Waals surface area (Å²) in [4.78, 5) is 30.9. The van der Waals surface area contributed by atoms with E-state index in [2.05, 4.69) is 10.3 Å². The van der Waals surface area contributed by atoms with E-state index in [-0.39, 0.29) is 11.8 Å². The van der Waals surface area contributed by atoms with Crippen molar-refractivity contribution in [3.63, 3.8) is 0 Å². The first-order chi connectivity index (χ1) is 13.1. The van der Waals surface area contributed by atoms with Crippen molar-refractivity contribution in [1.29, 1.82) is 0 Å². The van der Waals surface area contributed by atoms with Gasteiger partial charge in [-0.15, -0.1) is 0 Å². The standard InChI is InChI=1S/C20H26N4O3/c1-2-3-4-5-11-19(26)22-18-10-6-9-17-21-16(14-24(17)18)20(27)23-12-7-8-15(25)13-23/h2-3,6,9-10,14-15,25H,4-5,7-8,11-13H2,1H3,(H,22,26)/b3-2-. The quantitative estimate of drug-likeness (QED) is 0.604. The van der Waals surface area contributed by atoms with Crippen molar-refractivity contribution in [2.45, 2.75) is 45.1 Å². The number of pyridine rings is 1. The number of hydrogen-bond acceptors (Lipinski definition) is 4. The third kappa shape index (κ3) is 4.74. The molecular formula is C20H26N4O3. The summed E-state index contributed by atoms with van der Waals surface area (Å²) in [5, 5.41) is 12.7. The zero-order valence-electron chi connectivity index (χ0n) is 15.6. The Hall–Kier alpha value is -2.67. The molecule has 27 heavy (non-hydrogen) atoms. The van der Waals surface area contributed by atoms with E-state index in [9.17, 15) is 14.7 Å². The van der Waals surface area contributed by atoms with Gasteiger partial charge in [-0.25, -0.2) is 4.98 Å². The Labute approximate surface area is 158 Å². The zero-order valence-corrected chi connectivity index (χ0v) is 15.6. The lowest BCUT2D eigenvalue weighted by Gasteiger charge is -2.29. The molecule has 1 aliphatic heterocycles. The van der Waals surface area contributed by atoms with Gasteiger partial charge in [0.15, 0.2) is 0 Å². The number of amides is 2. The van der Waals surface area contributed by atoms with Gasteiger partial charge >= 0.3 is 0 Å². The van der Waals surface area contributed by atoms with Gasteiger partial charge in [-0.05, 0) is 44.7 Å². The van der Waals surface area contributed by atoms with Crippen LogP contribution < -0.4 is 5.32 Å². The normalized spacial score (nSPS) is 17.6. The number of hydrogen-bond donors (Lipinski definition) is 2. The van der Waals surface area contributed by atoms with Crippen LogP contribution in [0.2, 0.25) is 0 Å². The largest absolute Gasteiger partial charge is 0.391 e. The molecule has 2 amide bonds. The van der Waals surface area contributed by atoms with Gasteiger partial charge in [0.25, 0.3) is 5.91 Å². The molecule has 1 saturated heterocycles. The summed E-state index contributed by atoms with van der Waals surface area (Å²) < 4.78 is 1.72. The van der Waals surface area contributed by atoms with Gasteiger partial charge in [0.2, 0.25) is 5.91 Å². The van der Waals surface area contributed by atoms with E-state index in [0.717, 1.165) is 25.7 Å². The van der Waals surface area contributed by atoms with Crippen LogP contribution in [0.5, 0.6) is 0 Å². The Kier molecular flexibility index (Phi) is 6.24. The van der Waals surface area contributed by atoms with Gasteiger partial charge in [-0.2, -0.15) is 0 Å². The fraction of sp³-hybridized carbons (Fsp3) is 0.450. The minimum atomic E-state index is -0.475. The molecule has 144 valence electrons. The second-order valence-corrected chi connectivity index (χ2v) is 6.82. The SMILES string of the molecule is C/C=C\CCCC(=O)Nc1cccc2nc(C(=O)N3CCCC(O)C3)cn12. The predicted octanol–water partition coefficient (Wildman–Crippen LogP) is 2.62. The number of aliphatic hydroxyl groups is 1. The summed E-state index contributed by atoms with van der Waals surface area (Å²) in [7, 11) is 0. The average Bonchev–Trinajstić information content (AvgIpc) is 3.10. The van der Waals surface area contributed by atoms with Crippen molar-refractivity contribution in [3.8, 4) is 0 Å². The fourth-order valence-corrected chi connectivity index (χ4v) is 3.27. The lowest BCUT2D eigenvalue weighted by Crippen LogP contribution is -2.42. The first kappa shape index (κ1) is 19.1. The molecule has 7 heteroatoms. The van der Waals surface area contributed by atoms with E-state index < -0.39 is 6.10 Å². The third-order valence-electron chi connectivity index (χ3n) is 4.67. The molecule has 1 fully saturated rings. The molecule has 0 aromatic carbocycles. The number of allylic oxidation sites excluding steroid dienone is 2. The Morgan fingerprint density at radius 1 is 1.41 bits per heavy atom. The molecule has 2 aromatic heterocycles. The topological polar surface area (TPSA) is 86.9 Å². The zero-order chi connectivity index (χ0) is 19.2. The molecule has 0 aliphatic carbocycles. The fourth-order valence-electron chi connectivity index (χ4n) is 3.27. The van der Waals surface area contributed by atoms with Crippen molar-refractivity contribution in [3.05, 3.63) is 42.2 Å². The van der Waals surface area contributed by atoms with Crippen LogP contribution in [0.1, 0.15) is 49.5 Å². The van der Waals surface area contributed by atoms with Crippen LogP contribution in [0.3, 0.4) is 0 Å². The summed E-state index contributed by atoms with van der Waals surface area (Å²) >= 11 is 0. The molecule has 0 spiro atoms. The lowest BCUT2D eigenvalue weighted by atomic mass is 10.1. The Bertz CT molecular complexity index is 843. The van der Waals surface area contributed by atoms with Crippen molar-refractivity contribution in [1.82, 2.24) is 14.3 Å². The highest BCUT2D eigenvalue weighted by Crippen LogP contribution is 2.17. The molecule has 3 rings (SSSR count). The number of nitrogens with one attached hydrogen (secondary N) is 1. The second-order valence-electron chi connectivity index (χ2n) is 6.82. The third-order valence-corrected chi connectivity index (χ3v) is 4.67. The van der Waals surface area contributed by atoms with Crippen LogP contribution in [-0.4, -0.2) is 50.4 Å². The number of likely N-dealkylation sites (tertiary alicyclic amines) is 1. The Morgan fingerprint density at radius 2 is 2.26 bits per heavy atom. The van der Waals surface area contributed by atoms with Crippen molar-refractivity contribution < 1.29 is 14.7 Å². The lowest BCUT2D eigenvalue weighted by molar-refractivity contribution is -0.116. The van der Waals surface area contributed by atoms with Crippen LogP contribution >= 0.6 is 0 Å². The molecule has 1 aliphatic rings. The minimum absolute atomic E-state index is 0.0623. The van der Waals surface area contributed by atoms with E-state index in [1.54, 1.807) is 33.7 Å². The Morgan fingerprint density at radius 3 is 3.04 bits per heavy atom. The highest BCUT2D eigenvalue weighted by molar-refractivity contribution is 5.94. The van der Waals surface area contributed by atoms with Crippen LogP contribution in [-0.2, 0) is 4.79 Å². The van der Waals surface area contributed by atoms with Crippen molar-refractivity contribution >= 4 is 23.3 Å². The number of β-amino-alcohol motifs (C(OH)–C–C–N with tert-alkyl or cyclic N) is 1. The van der Waals surface area contributed by atoms with Gasteiger partial charge in [-0.1, -0.05) is 18.2 Å². The van der Waals surface area contributed by atoms with Gasteiger partial charge in [0, 0.05) is 25.7 Å². The van der Waals surface area contributed by atoms with E-state index in [4.69, 9.17) is 0 Å². The monoisotopic (exact) mass is 370 g/mol. The van der Waals surface area contributed by atoms with Gasteiger partial charge < -0.3 is 15.3 Å². The van der Waals surface area contributed by atoms with Crippen molar-refractivity contribution in [2.75, 3.05) is 18.4 Å². The van der Waals surface area contributed by atoms with E-state index >= 15 is 0 Å². The molecule has 3 heterocycles. The van der Waals surface area contributed by atoms with Gasteiger partial charge in [0.1, 0.15) is 17.2 Å². The van der Waals surface area contributed by atoms with Crippen molar-refractivity contribution in [2.24, 2.45) is 0 Å². The number of nitrogens with zero attached hydrogens (tertiary/aromatic N) is 3. The molecule has 2 N–H and O–H groups in total. The number of aromatic nitrogens is 2. The summed E-state index contributed by atoms with van der Waals surface area (Å²) in [6.45, 7) is 2.92.